The molecular weight excluding hydrogens is 378 g/mol. The number of carbonyl (C=O) groups excluding carboxylic acids is 3. The maximum Gasteiger partial charge on any atom is 0.306 e. The molecule has 0 aromatic heterocycles. The van der Waals surface area contributed by atoms with Crippen LogP contribution in [0.15, 0.2) is 18.2 Å². The second-order valence-electron chi connectivity index (χ2n) is 6.57. The van der Waals surface area contributed by atoms with E-state index in [0.717, 1.165) is 0 Å². The Morgan fingerprint density at radius 2 is 2.07 bits per heavy atom. The Morgan fingerprint density at radius 3 is 2.67 bits per heavy atom. The molecule has 3 atom stereocenters. The van der Waals surface area contributed by atoms with Gasteiger partial charge in [0.05, 0.1) is 18.6 Å². The van der Waals surface area contributed by atoms with Gasteiger partial charge in [-0.1, -0.05) is 18.5 Å². The van der Waals surface area contributed by atoms with E-state index >= 15 is 0 Å². The van der Waals surface area contributed by atoms with Crippen molar-refractivity contribution in [2.75, 3.05) is 20.3 Å². The molecule has 1 aliphatic rings. The van der Waals surface area contributed by atoms with E-state index in [2.05, 4.69) is 0 Å². The molecule has 0 radical (unpaired) electrons. The fourth-order valence-corrected chi connectivity index (χ4v) is 3.57. The van der Waals surface area contributed by atoms with Gasteiger partial charge >= 0.3 is 5.97 Å². The third-order valence-corrected chi connectivity index (χ3v) is 5.06. The number of benzene rings is 1. The standard InChI is InChI=1S/C18H20ClNO7/c1-10-5-15(21)12(13(10)8-20(24)25)7-18(23)27-9-16(22)11-3-4-17(26-2)14(19)6-11/h3-4,6,10,12-13H,5,7-9H2,1-2H3/t10-,12-,13-/m1/s1. The van der Waals surface area contributed by atoms with Gasteiger partial charge in [-0.25, -0.2) is 0 Å². The zero-order chi connectivity index (χ0) is 20.1. The van der Waals surface area contributed by atoms with Crippen molar-refractivity contribution in [3.8, 4) is 5.75 Å². The van der Waals surface area contributed by atoms with Crippen LogP contribution in [-0.2, 0) is 14.3 Å². The Hall–Kier alpha value is -2.48. The summed E-state index contributed by atoms with van der Waals surface area (Å²) < 4.78 is 9.97. The smallest absolute Gasteiger partial charge is 0.306 e. The third-order valence-electron chi connectivity index (χ3n) is 4.77. The summed E-state index contributed by atoms with van der Waals surface area (Å²) in [7, 11) is 1.45. The second kappa shape index (κ2) is 8.94. The molecule has 8 nitrogen and oxygen atoms in total. The van der Waals surface area contributed by atoms with Crippen LogP contribution in [-0.4, -0.2) is 42.7 Å². The number of methoxy groups -OCH3 is 1. The molecule has 0 spiro atoms. The average Bonchev–Trinajstić information content (AvgIpc) is 2.86. The second-order valence-corrected chi connectivity index (χ2v) is 6.98. The van der Waals surface area contributed by atoms with Gasteiger partial charge in [-0.3, -0.25) is 24.5 Å². The normalized spacial score (nSPS) is 21.7. The molecule has 0 N–H and O–H groups in total. The summed E-state index contributed by atoms with van der Waals surface area (Å²) in [5.41, 5.74) is 0.255. The number of Topliss-reactive ketones (excluding diaryl/α,β-unsaturated/α-hetero) is 2. The zero-order valence-corrected chi connectivity index (χ0v) is 15.7. The summed E-state index contributed by atoms with van der Waals surface area (Å²) in [6.07, 6.45) is -0.0575. The van der Waals surface area contributed by atoms with Crippen molar-refractivity contribution >= 4 is 29.1 Å². The van der Waals surface area contributed by atoms with E-state index in [4.69, 9.17) is 21.1 Å². The Labute approximate surface area is 160 Å². The minimum absolute atomic E-state index is 0.163. The highest BCUT2D eigenvalue weighted by atomic mass is 35.5. The van der Waals surface area contributed by atoms with Gasteiger partial charge in [0.1, 0.15) is 11.5 Å². The van der Waals surface area contributed by atoms with Crippen molar-refractivity contribution in [3.05, 3.63) is 38.9 Å². The zero-order valence-electron chi connectivity index (χ0n) is 15.0. The molecule has 0 unspecified atom stereocenters. The first-order valence-electron chi connectivity index (χ1n) is 8.39. The summed E-state index contributed by atoms with van der Waals surface area (Å²) in [5.74, 6) is -2.37. The predicted octanol–water partition coefficient (Wildman–Crippen LogP) is 2.58. The van der Waals surface area contributed by atoms with E-state index in [-0.39, 0.29) is 41.7 Å². The molecule has 9 heteroatoms. The number of nitro groups is 1. The number of hydrogen-bond donors (Lipinski definition) is 0. The molecule has 1 saturated carbocycles. The Balaban J connectivity index is 1.93. The maximum atomic E-state index is 12.1. The lowest BCUT2D eigenvalue weighted by Crippen LogP contribution is -2.28. The van der Waals surface area contributed by atoms with Crippen LogP contribution in [0.3, 0.4) is 0 Å². The van der Waals surface area contributed by atoms with Gasteiger partial charge in [-0.05, 0) is 24.1 Å². The van der Waals surface area contributed by atoms with Gasteiger partial charge in [0.25, 0.3) is 0 Å². The topological polar surface area (TPSA) is 113 Å². The molecule has 2 rings (SSSR count). The SMILES string of the molecule is COc1ccc(C(=O)COC(=O)C[C@H]2C(=O)C[C@@H](C)[C@H]2C[N+](=O)[O-])cc1Cl. The minimum atomic E-state index is -0.747. The van der Waals surface area contributed by atoms with Crippen LogP contribution in [0.1, 0.15) is 30.1 Å². The largest absolute Gasteiger partial charge is 0.495 e. The van der Waals surface area contributed by atoms with Gasteiger partial charge in [-0.2, -0.15) is 0 Å². The van der Waals surface area contributed by atoms with Crippen LogP contribution in [0.25, 0.3) is 0 Å². The highest BCUT2D eigenvalue weighted by Gasteiger charge is 2.44. The summed E-state index contributed by atoms with van der Waals surface area (Å²) >= 11 is 5.96. The van der Waals surface area contributed by atoms with Crippen LogP contribution in [0.4, 0.5) is 0 Å². The average molecular weight is 398 g/mol. The van der Waals surface area contributed by atoms with E-state index in [1.165, 1.54) is 25.3 Å². The maximum absolute atomic E-state index is 12.1. The molecule has 0 heterocycles. The Kier molecular flexibility index (Phi) is 6.90. The Bertz CT molecular complexity index is 764. The molecule has 0 aliphatic heterocycles. The summed E-state index contributed by atoms with van der Waals surface area (Å²) in [4.78, 5) is 46.5. The molecule has 0 amide bonds. The molecule has 1 aromatic rings. The molecule has 146 valence electrons. The summed E-state index contributed by atoms with van der Waals surface area (Å²) in [5, 5.41) is 11.1. The third kappa shape index (κ3) is 5.26. The molecule has 1 fully saturated rings. The van der Waals surface area contributed by atoms with E-state index < -0.39 is 35.1 Å². The first kappa shape index (κ1) is 20.8. The number of halogens is 1. The number of carbonyl (C=O) groups is 3. The number of rotatable bonds is 8. The van der Waals surface area contributed by atoms with E-state index in [0.29, 0.717) is 5.75 Å². The van der Waals surface area contributed by atoms with Crippen molar-refractivity contribution < 1.29 is 28.8 Å². The van der Waals surface area contributed by atoms with Crippen LogP contribution in [0, 0.1) is 27.9 Å². The van der Waals surface area contributed by atoms with Gasteiger partial charge in [-0.15, -0.1) is 0 Å². The van der Waals surface area contributed by atoms with Gasteiger partial charge in [0.2, 0.25) is 6.54 Å². The van der Waals surface area contributed by atoms with Crippen molar-refractivity contribution in [2.45, 2.75) is 19.8 Å². The van der Waals surface area contributed by atoms with Crippen LogP contribution < -0.4 is 4.74 Å². The molecule has 27 heavy (non-hydrogen) atoms. The number of hydrogen-bond acceptors (Lipinski definition) is 7. The summed E-state index contributed by atoms with van der Waals surface area (Å²) in [6, 6.07) is 4.43. The number of esters is 1. The number of nitrogens with zero attached hydrogens (tertiary/aromatic N) is 1. The number of ketones is 2. The van der Waals surface area contributed by atoms with Crippen LogP contribution in [0.2, 0.25) is 5.02 Å². The van der Waals surface area contributed by atoms with Gasteiger partial charge < -0.3 is 9.47 Å². The molecule has 0 saturated heterocycles. The first-order chi connectivity index (χ1) is 12.7. The van der Waals surface area contributed by atoms with E-state index in [1.807, 2.05) is 0 Å². The highest BCUT2D eigenvalue weighted by Crippen LogP contribution is 2.36. The fourth-order valence-electron chi connectivity index (χ4n) is 3.31. The van der Waals surface area contributed by atoms with Crippen molar-refractivity contribution in [1.82, 2.24) is 0 Å². The molecule has 1 aromatic carbocycles. The predicted molar refractivity (Wildman–Crippen MR) is 95.5 cm³/mol. The molecule has 0 bridgehead atoms. The highest BCUT2D eigenvalue weighted by molar-refractivity contribution is 6.32. The van der Waals surface area contributed by atoms with E-state index in [9.17, 15) is 24.5 Å². The lowest BCUT2D eigenvalue weighted by atomic mass is 9.88. The van der Waals surface area contributed by atoms with Crippen LogP contribution in [0.5, 0.6) is 5.75 Å². The minimum Gasteiger partial charge on any atom is -0.495 e. The quantitative estimate of drug-likeness (QED) is 0.286. The van der Waals surface area contributed by atoms with Gasteiger partial charge in [0.15, 0.2) is 12.4 Å². The lowest BCUT2D eigenvalue weighted by molar-refractivity contribution is -0.490. The van der Waals surface area contributed by atoms with E-state index in [1.54, 1.807) is 6.92 Å². The van der Waals surface area contributed by atoms with Crippen molar-refractivity contribution in [1.29, 1.82) is 0 Å². The summed E-state index contributed by atoms with van der Waals surface area (Å²) in [6.45, 7) is 0.889. The fraction of sp³-hybridized carbons (Fsp3) is 0.500. The lowest BCUT2D eigenvalue weighted by Gasteiger charge is -2.17. The first-order valence-corrected chi connectivity index (χ1v) is 8.77. The molecular formula is C18H20ClNO7. The number of ether oxygens (including phenoxy) is 2. The van der Waals surface area contributed by atoms with Gasteiger partial charge in [0, 0.05) is 28.7 Å². The monoisotopic (exact) mass is 397 g/mol. The van der Waals surface area contributed by atoms with Crippen molar-refractivity contribution in [2.24, 2.45) is 17.8 Å². The molecule has 1 aliphatic carbocycles. The van der Waals surface area contributed by atoms with Crippen molar-refractivity contribution in [3.63, 3.8) is 0 Å². The Morgan fingerprint density at radius 1 is 1.37 bits per heavy atom. The van der Waals surface area contributed by atoms with Crippen LogP contribution >= 0.6 is 11.6 Å².